The van der Waals surface area contributed by atoms with Gasteiger partial charge >= 0.3 is 5.63 Å². The second-order valence-corrected chi connectivity index (χ2v) is 6.91. The fourth-order valence-corrected chi connectivity index (χ4v) is 3.43. The van der Waals surface area contributed by atoms with Gasteiger partial charge in [0.25, 0.3) is 5.22 Å². The van der Waals surface area contributed by atoms with Gasteiger partial charge in [0, 0.05) is 28.8 Å². The van der Waals surface area contributed by atoms with Gasteiger partial charge in [-0.05, 0) is 36.8 Å². The highest BCUT2D eigenvalue weighted by Gasteiger charge is 2.12. The summed E-state index contributed by atoms with van der Waals surface area (Å²) in [7, 11) is 1.57. The summed E-state index contributed by atoms with van der Waals surface area (Å²) >= 11 is 1.37. The standard InChI is InChI=1S/C20H16N2O4S/c1-12-3-5-13(6-4-12)19-21-22-20(26-19)27-11-14-9-18(23)25-17-10-15(24-2)7-8-16(14)17/h3-10H,11H2,1-2H3. The van der Waals surface area contributed by atoms with Crippen molar-refractivity contribution < 1.29 is 13.6 Å². The van der Waals surface area contributed by atoms with E-state index in [0.29, 0.717) is 28.2 Å². The molecular weight excluding hydrogens is 364 g/mol. The van der Waals surface area contributed by atoms with Crippen LogP contribution in [0.5, 0.6) is 5.75 Å². The molecule has 4 rings (SSSR count). The molecule has 7 heteroatoms. The van der Waals surface area contributed by atoms with E-state index in [0.717, 1.165) is 16.5 Å². The van der Waals surface area contributed by atoms with E-state index in [9.17, 15) is 4.79 Å². The largest absolute Gasteiger partial charge is 0.497 e. The minimum Gasteiger partial charge on any atom is -0.497 e. The van der Waals surface area contributed by atoms with Crippen molar-refractivity contribution >= 4 is 22.7 Å². The number of nitrogens with zero attached hydrogens (tertiary/aromatic N) is 2. The highest BCUT2D eigenvalue weighted by molar-refractivity contribution is 7.98. The van der Waals surface area contributed by atoms with Crippen LogP contribution in [0.1, 0.15) is 11.1 Å². The molecule has 2 aromatic carbocycles. The predicted molar refractivity (Wildman–Crippen MR) is 103 cm³/mol. The summed E-state index contributed by atoms with van der Waals surface area (Å²) < 4.78 is 16.2. The quantitative estimate of drug-likeness (QED) is 0.374. The van der Waals surface area contributed by atoms with Crippen molar-refractivity contribution in [2.75, 3.05) is 7.11 Å². The highest BCUT2D eigenvalue weighted by Crippen LogP contribution is 2.29. The Morgan fingerprint density at radius 2 is 1.85 bits per heavy atom. The number of benzene rings is 2. The molecule has 0 aliphatic heterocycles. The first kappa shape index (κ1) is 17.4. The summed E-state index contributed by atoms with van der Waals surface area (Å²) in [6, 6.07) is 14.8. The smallest absolute Gasteiger partial charge is 0.336 e. The fraction of sp³-hybridized carbons (Fsp3) is 0.150. The summed E-state index contributed by atoms with van der Waals surface area (Å²) in [6.45, 7) is 2.02. The summed E-state index contributed by atoms with van der Waals surface area (Å²) in [5.74, 6) is 1.61. The van der Waals surface area contributed by atoms with E-state index >= 15 is 0 Å². The number of aromatic nitrogens is 2. The summed E-state index contributed by atoms with van der Waals surface area (Å²) in [4.78, 5) is 11.9. The van der Waals surface area contributed by atoms with Gasteiger partial charge in [-0.2, -0.15) is 0 Å². The molecule has 6 nitrogen and oxygen atoms in total. The van der Waals surface area contributed by atoms with Crippen LogP contribution < -0.4 is 10.4 Å². The average molecular weight is 380 g/mol. The van der Waals surface area contributed by atoms with E-state index in [2.05, 4.69) is 10.2 Å². The number of thioether (sulfide) groups is 1. The van der Waals surface area contributed by atoms with Gasteiger partial charge in [-0.15, -0.1) is 10.2 Å². The number of hydrogen-bond acceptors (Lipinski definition) is 7. The van der Waals surface area contributed by atoms with Crippen molar-refractivity contribution in [3.05, 3.63) is 70.1 Å². The Morgan fingerprint density at radius 3 is 2.63 bits per heavy atom. The molecule has 0 amide bonds. The third kappa shape index (κ3) is 3.73. The Balaban J connectivity index is 1.57. The minimum absolute atomic E-state index is 0.405. The molecule has 0 saturated heterocycles. The summed E-state index contributed by atoms with van der Waals surface area (Å²) in [6.07, 6.45) is 0. The van der Waals surface area contributed by atoms with Gasteiger partial charge in [-0.25, -0.2) is 4.79 Å². The first-order valence-corrected chi connectivity index (χ1v) is 9.25. The zero-order valence-electron chi connectivity index (χ0n) is 14.8. The van der Waals surface area contributed by atoms with E-state index in [4.69, 9.17) is 13.6 Å². The first-order valence-electron chi connectivity index (χ1n) is 8.26. The lowest BCUT2D eigenvalue weighted by Crippen LogP contribution is -2.00. The maximum absolute atomic E-state index is 11.9. The number of ether oxygens (including phenoxy) is 1. The monoisotopic (exact) mass is 380 g/mol. The van der Waals surface area contributed by atoms with Crippen LogP contribution in [0.3, 0.4) is 0 Å². The van der Waals surface area contributed by atoms with E-state index < -0.39 is 5.63 Å². The first-order chi connectivity index (χ1) is 13.1. The van der Waals surface area contributed by atoms with Gasteiger partial charge in [-0.3, -0.25) is 0 Å². The van der Waals surface area contributed by atoms with Crippen LogP contribution in [0.25, 0.3) is 22.4 Å². The van der Waals surface area contributed by atoms with Crippen LogP contribution in [-0.2, 0) is 5.75 Å². The van der Waals surface area contributed by atoms with Crippen LogP contribution in [0, 0.1) is 6.92 Å². The second kappa shape index (κ2) is 7.28. The van der Waals surface area contributed by atoms with E-state index in [1.54, 1.807) is 13.2 Å². The Morgan fingerprint density at radius 1 is 1.04 bits per heavy atom. The third-order valence-electron chi connectivity index (χ3n) is 4.09. The molecule has 0 unspecified atom stereocenters. The molecular formula is C20H16N2O4S. The van der Waals surface area contributed by atoms with Crippen molar-refractivity contribution in [3.63, 3.8) is 0 Å². The number of aryl methyl sites for hydroxylation is 1. The molecule has 0 atom stereocenters. The minimum atomic E-state index is -0.405. The molecule has 0 fully saturated rings. The lowest BCUT2D eigenvalue weighted by molar-refractivity contribution is 0.414. The van der Waals surface area contributed by atoms with E-state index in [-0.39, 0.29) is 0 Å². The predicted octanol–water partition coefficient (Wildman–Crippen LogP) is 4.45. The van der Waals surface area contributed by atoms with Gasteiger partial charge in [0.1, 0.15) is 11.3 Å². The molecule has 27 heavy (non-hydrogen) atoms. The summed E-state index contributed by atoms with van der Waals surface area (Å²) in [5, 5.41) is 9.47. The van der Waals surface area contributed by atoms with E-state index in [1.165, 1.54) is 23.4 Å². The molecule has 0 bridgehead atoms. The molecule has 0 aliphatic rings. The van der Waals surface area contributed by atoms with Gasteiger partial charge in [-0.1, -0.05) is 29.5 Å². The number of hydrogen-bond donors (Lipinski definition) is 0. The Bertz CT molecular complexity index is 1150. The lowest BCUT2D eigenvalue weighted by Gasteiger charge is -2.05. The Hall–Kier alpha value is -3.06. The van der Waals surface area contributed by atoms with E-state index in [1.807, 2.05) is 43.3 Å². The fourth-order valence-electron chi connectivity index (χ4n) is 2.68. The number of methoxy groups -OCH3 is 1. The van der Waals surface area contributed by atoms with Crippen LogP contribution in [0.2, 0.25) is 0 Å². The van der Waals surface area contributed by atoms with Crippen molar-refractivity contribution in [2.24, 2.45) is 0 Å². The molecule has 0 N–H and O–H groups in total. The molecule has 0 saturated carbocycles. The molecule has 2 aromatic heterocycles. The Labute approximate surface area is 159 Å². The molecule has 0 aliphatic carbocycles. The average Bonchev–Trinajstić information content (AvgIpc) is 3.15. The highest BCUT2D eigenvalue weighted by atomic mass is 32.2. The Kier molecular flexibility index (Phi) is 4.68. The van der Waals surface area contributed by atoms with Crippen molar-refractivity contribution in [1.29, 1.82) is 0 Å². The molecule has 0 spiro atoms. The number of fused-ring (bicyclic) bond motifs is 1. The SMILES string of the molecule is COc1ccc2c(CSc3nnc(-c4ccc(C)cc4)o3)cc(=O)oc2c1. The zero-order chi connectivity index (χ0) is 18.8. The topological polar surface area (TPSA) is 78.4 Å². The van der Waals surface area contributed by atoms with Gasteiger partial charge in [0.05, 0.1) is 7.11 Å². The normalized spacial score (nSPS) is 11.0. The molecule has 0 radical (unpaired) electrons. The second-order valence-electron chi connectivity index (χ2n) is 5.98. The van der Waals surface area contributed by atoms with Gasteiger partial charge in [0.2, 0.25) is 5.89 Å². The molecule has 4 aromatic rings. The molecule has 136 valence electrons. The summed E-state index contributed by atoms with van der Waals surface area (Å²) in [5.41, 5.74) is 2.96. The van der Waals surface area contributed by atoms with Gasteiger partial charge < -0.3 is 13.6 Å². The van der Waals surface area contributed by atoms with Crippen LogP contribution in [0.15, 0.2) is 67.4 Å². The molecule has 2 heterocycles. The van der Waals surface area contributed by atoms with Crippen LogP contribution in [0.4, 0.5) is 0 Å². The lowest BCUT2D eigenvalue weighted by atomic mass is 10.1. The maximum atomic E-state index is 11.9. The van der Waals surface area contributed by atoms with Crippen molar-refractivity contribution in [1.82, 2.24) is 10.2 Å². The maximum Gasteiger partial charge on any atom is 0.336 e. The number of rotatable bonds is 5. The van der Waals surface area contributed by atoms with Crippen LogP contribution >= 0.6 is 11.8 Å². The van der Waals surface area contributed by atoms with Crippen molar-refractivity contribution in [2.45, 2.75) is 17.9 Å². The van der Waals surface area contributed by atoms with Gasteiger partial charge in [0.15, 0.2) is 0 Å². The van der Waals surface area contributed by atoms with Crippen LogP contribution in [-0.4, -0.2) is 17.3 Å². The van der Waals surface area contributed by atoms with Crippen molar-refractivity contribution in [3.8, 4) is 17.2 Å². The zero-order valence-corrected chi connectivity index (χ0v) is 15.6. The third-order valence-corrected chi connectivity index (χ3v) is 4.96.